The minimum Gasteiger partial charge on any atom is -0.497 e. The van der Waals surface area contributed by atoms with E-state index in [1.165, 1.54) is 31.6 Å². The maximum Gasteiger partial charge on any atom is 0.269 e. The van der Waals surface area contributed by atoms with Crippen LogP contribution in [0.2, 0.25) is 5.28 Å². The molecule has 0 spiro atoms. The highest BCUT2D eigenvalue weighted by atomic mass is 35.5. The van der Waals surface area contributed by atoms with Gasteiger partial charge in [0.15, 0.2) is 5.65 Å². The molecule has 2 aromatic heterocycles. The van der Waals surface area contributed by atoms with Gasteiger partial charge in [0.1, 0.15) is 5.75 Å². The molecular formula is C13H10ClN3O3S. The lowest BCUT2D eigenvalue weighted by molar-refractivity contribution is 0.413. The number of ether oxygens (including phenoxy) is 1. The molecule has 108 valence electrons. The molecule has 0 unspecified atom stereocenters. The van der Waals surface area contributed by atoms with Crippen molar-refractivity contribution < 1.29 is 13.2 Å². The van der Waals surface area contributed by atoms with Gasteiger partial charge < -0.3 is 4.74 Å². The smallest absolute Gasteiger partial charge is 0.269 e. The largest absolute Gasteiger partial charge is 0.497 e. The number of rotatable bonds is 3. The highest BCUT2D eigenvalue weighted by molar-refractivity contribution is 7.90. The van der Waals surface area contributed by atoms with Gasteiger partial charge in [-0.25, -0.2) is 17.4 Å². The number of nitrogens with zero attached hydrogens (tertiary/aromatic N) is 3. The summed E-state index contributed by atoms with van der Waals surface area (Å²) < 4.78 is 31.5. The van der Waals surface area contributed by atoms with Crippen LogP contribution in [0.1, 0.15) is 0 Å². The third-order valence-corrected chi connectivity index (χ3v) is 4.81. The second-order valence-electron chi connectivity index (χ2n) is 4.21. The topological polar surface area (TPSA) is 74.1 Å². The van der Waals surface area contributed by atoms with Gasteiger partial charge in [0.05, 0.1) is 12.0 Å². The van der Waals surface area contributed by atoms with Crippen LogP contribution in [0, 0.1) is 0 Å². The van der Waals surface area contributed by atoms with Gasteiger partial charge in [-0.15, -0.1) is 0 Å². The number of halogens is 1. The molecule has 0 radical (unpaired) electrons. The van der Waals surface area contributed by atoms with Gasteiger partial charge in [-0.1, -0.05) is 6.07 Å². The van der Waals surface area contributed by atoms with Crippen LogP contribution in [-0.4, -0.2) is 29.5 Å². The van der Waals surface area contributed by atoms with E-state index in [0.29, 0.717) is 11.1 Å². The molecule has 1 aromatic carbocycles. The summed E-state index contributed by atoms with van der Waals surface area (Å²) in [4.78, 5) is 7.91. The summed E-state index contributed by atoms with van der Waals surface area (Å²) in [6.45, 7) is 0. The second kappa shape index (κ2) is 5.01. The van der Waals surface area contributed by atoms with Crippen molar-refractivity contribution in [1.82, 2.24) is 13.9 Å². The van der Waals surface area contributed by atoms with Crippen molar-refractivity contribution in [3.8, 4) is 5.75 Å². The number of benzene rings is 1. The van der Waals surface area contributed by atoms with E-state index < -0.39 is 10.0 Å². The Bertz CT molecular complexity index is 921. The van der Waals surface area contributed by atoms with Crippen molar-refractivity contribution in [1.29, 1.82) is 0 Å². The highest BCUT2D eigenvalue weighted by Crippen LogP contribution is 2.23. The van der Waals surface area contributed by atoms with Gasteiger partial charge in [-0.05, 0) is 29.8 Å². The first-order chi connectivity index (χ1) is 10.0. The summed E-state index contributed by atoms with van der Waals surface area (Å²) in [6.07, 6.45) is 2.90. The molecule has 0 aliphatic heterocycles. The molecule has 2 heterocycles. The Kier molecular flexibility index (Phi) is 3.30. The van der Waals surface area contributed by atoms with Gasteiger partial charge in [0.2, 0.25) is 5.28 Å². The van der Waals surface area contributed by atoms with Gasteiger partial charge in [0, 0.05) is 23.8 Å². The van der Waals surface area contributed by atoms with Crippen LogP contribution in [0.3, 0.4) is 0 Å². The van der Waals surface area contributed by atoms with Gasteiger partial charge in [-0.3, -0.25) is 0 Å². The van der Waals surface area contributed by atoms with E-state index in [1.54, 1.807) is 18.2 Å². The molecule has 0 N–H and O–H groups in total. The lowest BCUT2D eigenvalue weighted by Crippen LogP contribution is -2.12. The standard InChI is InChI=1S/C13H10ClN3O3S/c1-20-10-3-2-4-11(7-10)21(18,19)17-6-5-9-8-15-13(14)16-12(9)17/h2-8H,1H3. The fourth-order valence-corrected chi connectivity index (χ4v) is 3.41. The zero-order valence-electron chi connectivity index (χ0n) is 10.9. The van der Waals surface area contributed by atoms with Gasteiger partial charge in [-0.2, -0.15) is 4.98 Å². The molecule has 0 bridgehead atoms. The molecule has 3 aromatic rings. The van der Waals surface area contributed by atoms with Crippen LogP contribution in [0.25, 0.3) is 11.0 Å². The van der Waals surface area contributed by atoms with E-state index in [-0.39, 0.29) is 15.8 Å². The first kappa shape index (κ1) is 13.8. The monoisotopic (exact) mass is 323 g/mol. The number of methoxy groups -OCH3 is 1. The van der Waals surface area contributed by atoms with Crippen LogP contribution in [0.4, 0.5) is 0 Å². The van der Waals surface area contributed by atoms with Gasteiger partial charge >= 0.3 is 0 Å². The summed E-state index contributed by atoms with van der Waals surface area (Å²) in [7, 11) is -2.31. The van der Waals surface area contributed by atoms with Crippen molar-refractivity contribution in [2.24, 2.45) is 0 Å². The summed E-state index contributed by atoms with van der Waals surface area (Å²) in [5.41, 5.74) is 0.234. The predicted octanol–water partition coefficient (Wildman–Crippen LogP) is 2.33. The lowest BCUT2D eigenvalue weighted by Gasteiger charge is -2.08. The summed E-state index contributed by atoms with van der Waals surface area (Å²) in [5, 5.41) is 0.578. The average molecular weight is 324 g/mol. The molecule has 21 heavy (non-hydrogen) atoms. The van der Waals surface area contributed by atoms with E-state index in [0.717, 1.165) is 3.97 Å². The molecule has 0 aliphatic rings. The summed E-state index contributed by atoms with van der Waals surface area (Å²) >= 11 is 5.74. The Labute approximate surface area is 126 Å². The third-order valence-electron chi connectivity index (χ3n) is 2.96. The van der Waals surface area contributed by atoms with E-state index >= 15 is 0 Å². The van der Waals surface area contributed by atoms with Crippen molar-refractivity contribution in [3.63, 3.8) is 0 Å². The summed E-state index contributed by atoms with van der Waals surface area (Å²) in [5.74, 6) is 0.459. The second-order valence-corrected chi connectivity index (χ2v) is 6.37. The van der Waals surface area contributed by atoms with Crippen LogP contribution in [-0.2, 0) is 10.0 Å². The zero-order valence-corrected chi connectivity index (χ0v) is 12.5. The van der Waals surface area contributed by atoms with E-state index in [2.05, 4.69) is 9.97 Å². The normalized spacial score (nSPS) is 11.7. The van der Waals surface area contributed by atoms with Crippen molar-refractivity contribution in [2.45, 2.75) is 4.90 Å². The van der Waals surface area contributed by atoms with Crippen LogP contribution in [0.5, 0.6) is 5.75 Å². The van der Waals surface area contributed by atoms with Crippen LogP contribution in [0.15, 0.2) is 47.6 Å². The molecule has 0 saturated carbocycles. The fourth-order valence-electron chi connectivity index (χ4n) is 1.94. The van der Waals surface area contributed by atoms with Crippen LogP contribution < -0.4 is 4.74 Å². The molecule has 0 atom stereocenters. The van der Waals surface area contributed by atoms with E-state index in [1.807, 2.05) is 0 Å². The number of hydrogen-bond acceptors (Lipinski definition) is 5. The SMILES string of the molecule is COc1cccc(S(=O)(=O)n2ccc3cnc(Cl)nc32)c1. The van der Waals surface area contributed by atoms with Crippen LogP contribution >= 0.6 is 11.6 Å². The molecule has 0 saturated heterocycles. The average Bonchev–Trinajstić information content (AvgIpc) is 2.91. The molecule has 6 nitrogen and oxygen atoms in total. The molecule has 0 fully saturated rings. The molecular weight excluding hydrogens is 314 g/mol. The zero-order chi connectivity index (χ0) is 15.0. The van der Waals surface area contributed by atoms with Crippen molar-refractivity contribution in [2.75, 3.05) is 7.11 Å². The minimum absolute atomic E-state index is 0.0108. The maximum atomic E-state index is 12.7. The fraction of sp³-hybridized carbons (Fsp3) is 0.0769. The third kappa shape index (κ3) is 2.34. The first-order valence-electron chi connectivity index (χ1n) is 5.91. The minimum atomic E-state index is -3.78. The molecule has 8 heteroatoms. The Balaban J connectivity index is 2.22. The first-order valence-corrected chi connectivity index (χ1v) is 7.73. The van der Waals surface area contributed by atoms with E-state index in [9.17, 15) is 8.42 Å². The van der Waals surface area contributed by atoms with Gasteiger partial charge in [0.25, 0.3) is 10.0 Å². The number of aromatic nitrogens is 3. The maximum absolute atomic E-state index is 12.7. The Hall–Kier alpha value is -2.12. The number of fused-ring (bicyclic) bond motifs is 1. The predicted molar refractivity (Wildman–Crippen MR) is 78.1 cm³/mol. The molecule has 3 rings (SSSR count). The quantitative estimate of drug-likeness (QED) is 0.692. The Morgan fingerprint density at radius 2 is 2.10 bits per heavy atom. The van der Waals surface area contributed by atoms with Crippen molar-refractivity contribution in [3.05, 3.63) is 48.0 Å². The summed E-state index contributed by atoms with van der Waals surface area (Å²) in [6, 6.07) is 7.84. The Morgan fingerprint density at radius 1 is 1.29 bits per heavy atom. The lowest BCUT2D eigenvalue weighted by atomic mass is 10.3. The Morgan fingerprint density at radius 3 is 2.86 bits per heavy atom. The number of hydrogen-bond donors (Lipinski definition) is 0. The van der Waals surface area contributed by atoms with E-state index in [4.69, 9.17) is 16.3 Å². The van der Waals surface area contributed by atoms with Crippen molar-refractivity contribution >= 4 is 32.7 Å². The molecule has 0 amide bonds. The molecule has 0 aliphatic carbocycles. The highest BCUT2D eigenvalue weighted by Gasteiger charge is 2.20.